The summed E-state index contributed by atoms with van der Waals surface area (Å²) in [6.07, 6.45) is 11.4. The molecule has 1 fully saturated rings. The van der Waals surface area contributed by atoms with Gasteiger partial charge in [-0.05, 0) is 25.7 Å². The fraction of sp³-hybridized carbons (Fsp3) is 0.846. The third-order valence-corrected chi connectivity index (χ3v) is 3.33. The van der Waals surface area contributed by atoms with Crippen LogP contribution in [0.1, 0.15) is 51.9 Å². The van der Waals surface area contributed by atoms with E-state index < -0.39 is 11.7 Å². The molecule has 0 amide bonds. The van der Waals surface area contributed by atoms with Crippen LogP contribution in [0.25, 0.3) is 0 Å². The van der Waals surface area contributed by atoms with Gasteiger partial charge in [0.25, 0.3) is 0 Å². The Morgan fingerprint density at radius 2 is 2.00 bits per heavy atom. The fourth-order valence-electron chi connectivity index (χ4n) is 2.43. The molecule has 0 unspecified atom stereocenters. The molecule has 2 heteroatoms. The summed E-state index contributed by atoms with van der Waals surface area (Å²) in [5.74, 6) is 2.82. The molecule has 0 aliphatic heterocycles. The average molecular weight is 210 g/mol. The number of terminal acetylenes is 1. The van der Waals surface area contributed by atoms with Crippen LogP contribution in [0.5, 0.6) is 0 Å². The fourth-order valence-corrected chi connectivity index (χ4v) is 2.43. The molecule has 0 radical (unpaired) electrons. The maximum absolute atomic E-state index is 10.0. The first-order valence-electron chi connectivity index (χ1n) is 5.89. The van der Waals surface area contributed by atoms with Crippen LogP contribution in [-0.4, -0.2) is 21.9 Å². The highest BCUT2D eigenvalue weighted by Gasteiger charge is 2.29. The molecular weight excluding hydrogens is 188 g/mol. The van der Waals surface area contributed by atoms with Crippen molar-refractivity contribution in [3.05, 3.63) is 0 Å². The molecule has 0 saturated heterocycles. The van der Waals surface area contributed by atoms with Gasteiger partial charge in [0.05, 0.1) is 11.7 Å². The maximum atomic E-state index is 10.0. The van der Waals surface area contributed by atoms with Crippen LogP contribution in [0.15, 0.2) is 0 Å². The minimum absolute atomic E-state index is 0.316. The Kier molecular flexibility index (Phi) is 4.63. The summed E-state index contributed by atoms with van der Waals surface area (Å²) in [7, 11) is 0. The number of hydrogen-bond donors (Lipinski definition) is 2. The van der Waals surface area contributed by atoms with Crippen LogP contribution in [-0.2, 0) is 0 Å². The quantitative estimate of drug-likeness (QED) is 0.698. The summed E-state index contributed by atoms with van der Waals surface area (Å²) in [6.45, 7) is 1.71. The Hall–Kier alpha value is -0.520. The average Bonchev–Trinajstić information content (AvgIpc) is 2.18. The molecule has 2 N–H and O–H groups in total. The predicted octanol–water partition coefficient (Wildman–Crippen LogP) is 2.09. The van der Waals surface area contributed by atoms with E-state index in [2.05, 4.69) is 5.92 Å². The SMILES string of the molecule is C#CC[C@@](C)(O)C[C@H](O)C1CCCCC1. The minimum atomic E-state index is -0.911. The summed E-state index contributed by atoms with van der Waals surface area (Å²) in [6, 6.07) is 0. The lowest BCUT2D eigenvalue weighted by Crippen LogP contribution is -2.34. The first kappa shape index (κ1) is 12.5. The van der Waals surface area contributed by atoms with Crippen LogP contribution in [0, 0.1) is 18.3 Å². The minimum Gasteiger partial charge on any atom is -0.393 e. The summed E-state index contributed by atoms with van der Waals surface area (Å²) in [4.78, 5) is 0. The van der Waals surface area contributed by atoms with Crippen molar-refractivity contribution in [2.75, 3.05) is 0 Å². The van der Waals surface area contributed by atoms with Crippen LogP contribution >= 0.6 is 0 Å². The zero-order valence-corrected chi connectivity index (χ0v) is 9.58. The highest BCUT2D eigenvalue weighted by molar-refractivity contribution is 4.94. The van der Waals surface area contributed by atoms with Gasteiger partial charge in [-0.3, -0.25) is 0 Å². The van der Waals surface area contributed by atoms with Crippen LogP contribution in [0.4, 0.5) is 0 Å². The Labute approximate surface area is 92.7 Å². The second kappa shape index (κ2) is 5.53. The van der Waals surface area contributed by atoms with E-state index in [1.807, 2.05) is 0 Å². The van der Waals surface area contributed by atoms with E-state index in [0.717, 1.165) is 12.8 Å². The Balaban J connectivity index is 2.39. The van der Waals surface area contributed by atoms with E-state index in [1.165, 1.54) is 19.3 Å². The Bertz CT molecular complexity index is 221. The van der Waals surface area contributed by atoms with Crippen molar-refractivity contribution in [2.45, 2.75) is 63.6 Å². The molecule has 1 saturated carbocycles. The highest BCUT2D eigenvalue weighted by Crippen LogP contribution is 2.30. The van der Waals surface area contributed by atoms with Gasteiger partial charge < -0.3 is 10.2 Å². The summed E-state index contributed by atoms with van der Waals surface area (Å²) >= 11 is 0. The van der Waals surface area contributed by atoms with E-state index >= 15 is 0 Å². The second-order valence-corrected chi connectivity index (χ2v) is 5.05. The Morgan fingerprint density at radius 3 is 2.53 bits per heavy atom. The first-order valence-corrected chi connectivity index (χ1v) is 5.89. The molecule has 0 aromatic carbocycles. The van der Waals surface area contributed by atoms with Crippen molar-refractivity contribution in [3.63, 3.8) is 0 Å². The van der Waals surface area contributed by atoms with E-state index in [9.17, 15) is 10.2 Å². The van der Waals surface area contributed by atoms with Gasteiger partial charge in [0.1, 0.15) is 0 Å². The van der Waals surface area contributed by atoms with Crippen LogP contribution in [0.3, 0.4) is 0 Å². The highest BCUT2D eigenvalue weighted by atomic mass is 16.3. The number of aliphatic hydroxyl groups is 2. The summed E-state index contributed by atoms with van der Waals surface area (Å²) in [5.41, 5.74) is -0.911. The molecule has 2 atom stereocenters. The smallest absolute Gasteiger partial charge is 0.0753 e. The number of aliphatic hydroxyl groups excluding tert-OH is 1. The van der Waals surface area contributed by atoms with Gasteiger partial charge in [-0.15, -0.1) is 12.3 Å². The second-order valence-electron chi connectivity index (χ2n) is 5.05. The number of hydrogen-bond acceptors (Lipinski definition) is 2. The van der Waals surface area contributed by atoms with Crippen molar-refractivity contribution in [3.8, 4) is 12.3 Å². The van der Waals surface area contributed by atoms with Crippen molar-refractivity contribution in [2.24, 2.45) is 5.92 Å². The molecule has 0 spiro atoms. The first-order chi connectivity index (χ1) is 7.05. The van der Waals surface area contributed by atoms with Crippen LogP contribution in [0.2, 0.25) is 0 Å². The van der Waals surface area contributed by atoms with Gasteiger partial charge in [-0.25, -0.2) is 0 Å². The summed E-state index contributed by atoms with van der Waals surface area (Å²) < 4.78 is 0. The molecule has 0 heterocycles. The van der Waals surface area contributed by atoms with Gasteiger partial charge in [0, 0.05) is 12.8 Å². The largest absolute Gasteiger partial charge is 0.393 e. The third kappa shape index (κ3) is 4.24. The van der Waals surface area contributed by atoms with Crippen molar-refractivity contribution < 1.29 is 10.2 Å². The van der Waals surface area contributed by atoms with Crippen molar-refractivity contribution in [1.82, 2.24) is 0 Å². The predicted molar refractivity (Wildman–Crippen MR) is 61.3 cm³/mol. The molecule has 1 rings (SSSR count). The molecule has 15 heavy (non-hydrogen) atoms. The summed E-state index contributed by atoms with van der Waals surface area (Å²) in [5, 5.41) is 19.9. The third-order valence-electron chi connectivity index (χ3n) is 3.33. The zero-order chi connectivity index (χ0) is 11.3. The van der Waals surface area contributed by atoms with Crippen molar-refractivity contribution >= 4 is 0 Å². The molecule has 2 nitrogen and oxygen atoms in total. The molecule has 1 aliphatic rings. The maximum Gasteiger partial charge on any atom is 0.0753 e. The number of rotatable bonds is 4. The van der Waals surface area contributed by atoms with Gasteiger partial charge in [0.15, 0.2) is 0 Å². The molecule has 86 valence electrons. The molecule has 0 aromatic rings. The molecule has 1 aliphatic carbocycles. The van der Waals surface area contributed by atoms with Crippen LogP contribution < -0.4 is 0 Å². The van der Waals surface area contributed by atoms with Crippen molar-refractivity contribution in [1.29, 1.82) is 0 Å². The molecular formula is C13H22O2. The van der Waals surface area contributed by atoms with Gasteiger partial charge in [-0.1, -0.05) is 19.3 Å². The monoisotopic (exact) mass is 210 g/mol. The normalized spacial score (nSPS) is 24.1. The van der Waals surface area contributed by atoms with E-state index in [-0.39, 0.29) is 0 Å². The van der Waals surface area contributed by atoms with E-state index in [1.54, 1.807) is 6.92 Å². The lowest BCUT2D eigenvalue weighted by Gasteiger charge is -2.31. The lowest BCUT2D eigenvalue weighted by molar-refractivity contribution is -0.0193. The van der Waals surface area contributed by atoms with Gasteiger partial charge in [-0.2, -0.15) is 0 Å². The Morgan fingerprint density at radius 1 is 1.40 bits per heavy atom. The topological polar surface area (TPSA) is 40.5 Å². The van der Waals surface area contributed by atoms with Gasteiger partial charge >= 0.3 is 0 Å². The standard InChI is InChI=1S/C13H22O2/c1-3-9-13(2,15)10-12(14)11-7-5-4-6-8-11/h1,11-12,14-15H,4-10H2,2H3/t12-,13+/m0/s1. The lowest BCUT2D eigenvalue weighted by atomic mass is 9.81. The van der Waals surface area contributed by atoms with E-state index in [4.69, 9.17) is 6.42 Å². The molecule has 0 bridgehead atoms. The van der Waals surface area contributed by atoms with Gasteiger partial charge in [0.2, 0.25) is 0 Å². The zero-order valence-electron chi connectivity index (χ0n) is 9.58. The van der Waals surface area contributed by atoms with E-state index in [0.29, 0.717) is 18.8 Å². The molecule has 0 aromatic heterocycles.